The summed E-state index contributed by atoms with van der Waals surface area (Å²) in [7, 11) is 4.66. The smallest absolute Gasteiger partial charge is 0.273 e. The first-order chi connectivity index (χ1) is 19.2. The Bertz CT molecular complexity index is 1340. The van der Waals surface area contributed by atoms with Crippen LogP contribution in [-0.4, -0.2) is 74.1 Å². The van der Waals surface area contributed by atoms with E-state index in [1.165, 1.54) is 24.1 Å². The van der Waals surface area contributed by atoms with E-state index in [9.17, 15) is 19.7 Å². The molecule has 0 saturated carbocycles. The predicted octanol–water partition coefficient (Wildman–Crippen LogP) is 4.65. The lowest BCUT2D eigenvalue weighted by molar-refractivity contribution is -0.385. The van der Waals surface area contributed by atoms with Gasteiger partial charge in [0.05, 0.1) is 32.3 Å². The number of carbonyl (C=O) groups excluding carboxylic acids is 2. The molecule has 0 radical (unpaired) electrons. The third-order valence-electron chi connectivity index (χ3n) is 6.61. The molecule has 0 aliphatic heterocycles. The fourth-order valence-corrected chi connectivity index (χ4v) is 5.09. The van der Waals surface area contributed by atoms with Gasteiger partial charge in [-0.1, -0.05) is 12.1 Å². The fraction of sp³-hybridized carbons (Fsp3) is 0.379. The second kappa shape index (κ2) is 14.4. The quantitative estimate of drug-likeness (QED) is 0.205. The van der Waals surface area contributed by atoms with Crippen LogP contribution in [0.5, 0.6) is 11.5 Å². The largest absolute Gasteiger partial charge is 0.493 e. The molecule has 0 bridgehead atoms. The molecule has 10 nitrogen and oxygen atoms in total. The number of hydrogen-bond donors (Lipinski definition) is 0. The number of methoxy groups -OCH3 is 3. The number of aryl methyl sites for hydroxylation is 2. The standard InChI is InChI=1S/C29H35N3O7S/c1-20-6-8-23(17-24(20)32(35)36)29(34)31(13-14-37-3)19-28(33)30(18-27-21(2)11-15-40-27)12-10-22-7-9-25(38-4)26(16-22)39-5/h6-9,11,15-17H,10,12-14,18-19H2,1-5H3. The van der Waals surface area contributed by atoms with Crippen LogP contribution in [0.2, 0.25) is 0 Å². The van der Waals surface area contributed by atoms with Gasteiger partial charge in [-0.05, 0) is 61.0 Å². The van der Waals surface area contributed by atoms with E-state index >= 15 is 0 Å². The first-order valence-electron chi connectivity index (χ1n) is 12.7. The number of carbonyl (C=O) groups is 2. The van der Waals surface area contributed by atoms with Gasteiger partial charge in [0.1, 0.15) is 6.54 Å². The SMILES string of the molecule is COCCN(CC(=O)N(CCc1ccc(OC)c(OC)c1)Cc1sccc1C)C(=O)c1ccc(C)c([N+](=O)[O-])c1. The average molecular weight is 570 g/mol. The van der Waals surface area contributed by atoms with Crippen molar-refractivity contribution in [2.24, 2.45) is 0 Å². The number of nitrogens with zero attached hydrogens (tertiary/aromatic N) is 3. The minimum Gasteiger partial charge on any atom is -0.493 e. The zero-order chi connectivity index (χ0) is 29.2. The summed E-state index contributed by atoms with van der Waals surface area (Å²) >= 11 is 1.57. The van der Waals surface area contributed by atoms with Gasteiger partial charge in [-0.3, -0.25) is 19.7 Å². The number of nitro groups is 1. The first-order valence-corrected chi connectivity index (χ1v) is 13.6. The van der Waals surface area contributed by atoms with Gasteiger partial charge in [-0.15, -0.1) is 11.3 Å². The van der Waals surface area contributed by atoms with E-state index in [1.807, 2.05) is 36.6 Å². The summed E-state index contributed by atoms with van der Waals surface area (Å²) < 4.78 is 15.9. The van der Waals surface area contributed by atoms with E-state index in [1.54, 1.807) is 43.4 Å². The van der Waals surface area contributed by atoms with E-state index < -0.39 is 10.8 Å². The third kappa shape index (κ3) is 7.80. The summed E-state index contributed by atoms with van der Waals surface area (Å²) in [6, 6.07) is 12.0. The van der Waals surface area contributed by atoms with Crippen LogP contribution >= 0.6 is 11.3 Å². The van der Waals surface area contributed by atoms with Crippen LogP contribution in [0, 0.1) is 24.0 Å². The molecule has 3 aromatic rings. The van der Waals surface area contributed by atoms with Gasteiger partial charge < -0.3 is 24.0 Å². The molecule has 1 aromatic heterocycles. The number of ether oxygens (including phenoxy) is 3. The van der Waals surface area contributed by atoms with E-state index in [4.69, 9.17) is 14.2 Å². The number of thiophene rings is 1. The number of nitro benzene ring substituents is 1. The van der Waals surface area contributed by atoms with Gasteiger partial charge in [0, 0.05) is 42.3 Å². The number of rotatable bonds is 14. The number of benzene rings is 2. The van der Waals surface area contributed by atoms with Crippen LogP contribution < -0.4 is 9.47 Å². The molecule has 0 spiro atoms. The van der Waals surface area contributed by atoms with Crippen LogP contribution in [0.25, 0.3) is 0 Å². The molecule has 214 valence electrons. The Balaban J connectivity index is 1.84. The van der Waals surface area contributed by atoms with Crippen LogP contribution in [0.15, 0.2) is 47.8 Å². The zero-order valence-electron chi connectivity index (χ0n) is 23.5. The first kappa shape index (κ1) is 30.6. The molecule has 0 saturated heterocycles. The molecule has 1 heterocycles. The Morgan fingerprint density at radius 2 is 1.68 bits per heavy atom. The Morgan fingerprint density at radius 3 is 2.30 bits per heavy atom. The fourth-order valence-electron chi connectivity index (χ4n) is 4.17. The highest BCUT2D eigenvalue weighted by molar-refractivity contribution is 7.10. The monoisotopic (exact) mass is 569 g/mol. The maximum absolute atomic E-state index is 13.7. The van der Waals surface area contributed by atoms with Crippen molar-refractivity contribution in [1.82, 2.24) is 9.80 Å². The minimum atomic E-state index is -0.518. The Labute approximate surface area is 238 Å². The van der Waals surface area contributed by atoms with Gasteiger partial charge in [0.15, 0.2) is 11.5 Å². The summed E-state index contributed by atoms with van der Waals surface area (Å²) in [4.78, 5) is 42.2. The summed E-state index contributed by atoms with van der Waals surface area (Å²) in [5, 5.41) is 13.4. The van der Waals surface area contributed by atoms with Crippen molar-refractivity contribution in [2.45, 2.75) is 26.8 Å². The Morgan fingerprint density at radius 1 is 0.925 bits per heavy atom. The molecular formula is C29H35N3O7S. The van der Waals surface area contributed by atoms with Crippen LogP contribution in [0.1, 0.15) is 31.9 Å². The summed E-state index contributed by atoms with van der Waals surface area (Å²) in [6.07, 6.45) is 0.562. The predicted molar refractivity (Wildman–Crippen MR) is 153 cm³/mol. The zero-order valence-corrected chi connectivity index (χ0v) is 24.3. The highest BCUT2D eigenvalue weighted by Gasteiger charge is 2.25. The van der Waals surface area contributed by atoms with Gasteiger partial charge in [0.25, 0.3) is 11.6 Å². The lowest BCUT2D eigenvalue weighted by Gasteiger charge is -2.28. The van der Waals surface area contributed by atoms with Crippen molar-refractivity contribution in [1.29, 1.82) is 0 Å². The van der Waals surface area contributed by atoms with E-state index in [-0.39, 0.29) is 36.9 Å². The van der Waals surface area contributed by atoms with Crippen LogP contribution in [-0.2, 0) is 22.5 Å². The molecule has 0 N–H and O–H groups in total. The second-order valence-corrected chi connectivity index (χ2v) is 10.3. The Hall–Kier alpha value is -3.96. The van der Waals surface area contributed by atoms with Gasteiger partial charge >= 0.3 is 0 Å². The highest BCUT2D eigenvalue weighted by atomic mass is 32.1. The third-order valence-corrected chi connectivity index (χ3v) is 7.61. The van der Waals surface area contributed by atoms with E-state index in [0.29, 0.717) is 36.6 Å². The van der Waals surface area contributed by atoms with Crippen molar-refractivity contribution in [3.63, 3.8) is 0 Å². The van der Waals surface area contributed by atoms with Crippen molar-refractivity contribution in [3.8, 4) is 11.5 Å². The highest BCUT2D eigenvalue weighted by Crippen LogP contribution is 2.28. The number of hydrogen-bond acceptors (Lipinski definition) is 8. The van der Waals surface area contributed by atoms with Gasteiger partial charge in [0.2, 0.25) is 5.91 Å². The molecule has 0 aliphatic rings. The van der Waals surface area contributed by atoms with E-state index in [0.717, 1.165) is 16.0 Å². The van der Waals surface area contributed by atoms with Crippen molar-refractivity contribution >= 4 is 28.8 Å². The molecule has 40 heavy (non-hydrogen) atoms. The number of amides is 2. The molecule has 0 aliphatic carbocycles. The summed E-state index contributed by atoms with van der Waals surface area (Å²) in [5.74, 6) is 0.521. The molecule has 0 fully saturated rings. The van der Waals surface area contributed by atoms with Crippen molar-refractivity contribution < 1.29 is 28.7 Å². The second-order valence-electron chi connectivity index (χ2n) is 9.26. The Kier molecular flexibility index (Phi) is 11.0. The normalized spacial score (nSPS) is 10.7. The van der Waals surface area contributed by atoms with Crippen LogP contribution in [0.3, 0.4) is 0 Å². The van der Waals surface area contributed by atoms with Crippen molar-refractivity contribution in [3.05, 3.63) is 85.1 Å². The van der Waals surface area contributed by atoms with E-state index in [2.05, 4.69) is 0 Å². The average Bonchev–Trinajstić information content (AvgIpc) is 3.36. The van der Waals surface area contributed by atoms with Crippen LogP contribution in [0.4, 0.5) is 5.69 Å². The maximum atomic E-state index is 13.7. The molecule has 0 unspecified atom stereocenters. The lowest BCUT2D eigenvalue weighted by atomic mass is 10.1. The van der Waals surface area contributed by atoms with Gasteiger partial charge in [-0.25, -0.2) is 0 Å². The topological polar surface area (TPSA) is 111 Å². The lowest BCUT2D eigenvalue weighted by Crippen LogP contribution is -2.44. The molecule has 2 amide bonds. The molecule has 0 atom stereocenters. The minimum absolute atomic E-state index is 0.145. The van der Waals surface area contributed by atoms with Gasteiger partial charge in [-0.2, -0.15) is 0 Å². The van der Waals surface area contributed by atoms with Crippen molar-refractivity contribution in [2.75, 3.05) is 47.6 Å². The maximum Gasteiger partial charge on any atom is 0.273 e. The molecule has 2 aromatic carbocycles. The summed E-state index contributed by atoms with van der Waals surface area (Å²) in [5.41, 5.74) is 2.51. The summed E-state index contributed by atoms with van der Waals surface area (Å²) in [6.45, 7) is 4.60. The molecule has 3 rings (SSSR count). The molecule has 11 heteroatoms. The molecular weight excluding hydrogens is 534 g/mol.